The van der Waals surface area contributed by atoms with Gasteiger partial charge in [-0.15, -0.1) is 0 Å². The monoisotopic (exact) mass is 1970 g/mol. The molecular formula is C94H95F13N4O22S3. The van der Waals surface area contributed by atoms with Gasteiger partial charge in [0.2, 0.25) is 0 Å². The fourth-order valence-electron chi connectivity index (χ4n) is 13.9. The number of fused-ring (bicyclic) bond motifs is 2. The number of halogens is 13. The van der Waals surface area contributed by atoms with E-state index in [2.05, 4.69) is 14.2 Å². The summed E-state index contributed by atoms with van der Waals surface area (Å²) < 4.78 is 246. The van der Waals surface area contributed by atoms with Crippen molar-refractivity contribution in [3.63, 3.8) is 0 Å². The lowest BCUT2D eigenvalue weighted by atomic mass is 9.59. The number of benzene rings is 9. The van der Waals surface area contributed by atoms with Crippen molar-refractivity contribution < 1.29 is 161 Å². The second kappa shape index (κ2) is 48.9. The van der Waals surface area contributed by atoms with Crippen molar-refractivity contribution in [3.8, 4) is 5.75 Å². The predicted octanol–water partition coefficient (Wildman–Crippen LogP) is 17.0. The molecule has 0 saturated carbocycles. The number of esters is 5. The standard InChI is InChI=1S/C19H16F2O5S.2C18H11F4S.C12H22N4O6.C10H15F3O4.C10H16O4.C7H6O3/c20-19(21,27(23,24)25)10-26-18(22)16-9-15-11-5-1-3-7-13(11)17(16)14-8-4-2-6-12(14)15;2*19-12-6-13(20)9-17(8-12)23(16-4-2-1-3-5-16)18-10-14(21)7-15(22)11-18;1-19-5-13-9-10(15(7-21-3)11(13)17)16(8-22-4)12(18)14(9)6-20-2;1-4-9(2,3)8(15)16-5-7(14)17-6-10(11,12)13;1-4-10(2,3)9(12)14-7-5-8(11)13-6-7;8-6-4-2-1-3-5(6)7(9)10/h1-8,15-17H,9-10H2,(H,23,24,25);2*1-11H;9-10H,5-8H2,1-4H3;4-6H2,1-3H3;7H,4-6H2,1-3H3;1-4,8H,(H,9,10)/q;2*+1;;;;/p-2. The average Bonchev–Trinajstić information content (AvgIpc) is 1.60. The van der Waals surface area contributed by atoms with Crippen LogP contribution in [-0.4, -0.2) is 197 Å². The molecule has 0 radical (unpaired) electrons. The maximum atomic E-state index is 13.6. The van der Waals surface area contributed by atoms with Crippen LogP contribution in [0.15, 0.2) is 236 Å². The molecule has 0 aromatic heterocycles. The van der Waals surface area contributed by atoms with E-state index in [0.29, 0.717) is 48.6 Å². The minimum atomic E-state index is -5.90. The smallest absolute Gasteiger partial charge is 0.422 e. The summed E-state index contributed by atoms with van der Waals surface area (Å²) in [6, 6.07) is 50.5. The summed E-state index contributed by atoms with van der Waals surface area (Å²) in [6.07, 6.45) is -4.24. The first-order valence-electron chi connectivity index (χ1n) is 41.1. The molecule has 3 saturated heterocycles. The molecule has 9 aromatic rings. The van der Waals surface area contributed by atoms with Crippen molar-refractivity contribution in [1.29, 1.82) is 0 Å². The molecule has 15 rings (SSSR count). The van der Waals surface area contributed by atoms with Crippen LogP contribution in [0.2, 0.25) is 0 Å². The zero-order valence-electron chi connectivity index (χ0n) is 74.5. The Hall–Kier alpha value is -12.3. The van der Waals surface area contributed by atoms with E-state index in [1.54, 1.807) is 81.4 Å². The number of hydrogen-bond acceptors (Lipinski definition) is 21. The summed E-state index contributed by atoms with van der Waals surface area (Å²) in [5.74, 6) is -12.0. The van der Waals surface area contributed by atoms with E-state index >= 15 is 0 Å². The van der Waals surface area contributed by atoms with Gasteiger partial charge in [0.1, 0.15) is 86.2 Å². The van der Waals surface area contributed by atoms with Crippen molar-refractivity contribution >= 4 is 79.8 Å². The Labute approximate surface area is 779 Å². The first kappa shape index (κ1) is 109. The number of methoxy groups -OCH3 is 4. The van der Waals surface area contributed by atoms with E-state index in [1.807, 2.05) is 69.3 Å². The second-order valence-electron chi connectivity index (χ2n) is 31.5. The number of ether oxygens (including phenoxy) is 9. The normalized spacial score (nSPS) is 16.8. The third-order valence-electron chi connectivity index (χ3n) is 21.0. The fourth-order valence-corrected chi connectivity index (χ4v) is 18.4. The molecule has 42 heteroatoms. The molecule has 3 heterocycles. The Balaban J connectivity index is 0.000000198. The lowest BCUT2D eigenvalue weighted by molar-refractivity contribution is -0.268. The van der Waals surface area contributed by atoms with Gasteiger partial charge in [0.25, 0.3) is 0 Å². The number of carboxylic acid groups (broad SMARTS) is 1. The van der Waals surface area contributed by atoms with Crippen molar-refractivity contribution in [2.75, 3.05) is 81.8 Å². The predicted molar refractivity (Wildman–Crippen MR) is 461 cm³/mol. The first-order chi connectivity index (χ1) is 64.1. The summed E-state index contributed by atoms with van der Waals surface area (Å²) in [5, 5.41) is 14.4. The highest BCUT2D eigenvalue weighted by Gasteiger charge is 2.60. The average molecular weight is 1980 g/mol. The minimum absolute atomic E-state index is 0.0640. The summed E-state index contributed by atoms with van der Waals surface area (Å²) in [4.78, 5) is 101. The second-order valence-corrected chi connectivity index (χ2v) is 37.0. The van der Waals surface area contributed by atoms with Crippen LogP contribution < -0.4 is 5.11 Å². The molecule has 136 heavy (non-hydrogen) atoms. The van der Waals surface area contributed by atoms with Gasteiger partial charge in [-0.25, -0.2) is 62.7 Å². The van der Waals surface area contributed by atoms with Gasteiger partial charge in [0.15, 0.2) is 71.6 Å². The third kappa shape index (κ3) is 29.4. The largest absolute Gasteiger partial charge is 0.872 e. The van der Waals surface area contributed by atoms with Gasteiger partial charge in [0, 0.05) is 113 Å². The van der Waals surface area contributed by atoms with Gasteiger partial charge < -0.3 is 57.4 Å². The maximum absolute atomic E-state index is 13.6. The van der Waals surface area contributed by atoms with Gasteiger partial charge >= 0.3 is 59.3 Å². The zero-order valence-corrected chi connectivity index (χ0v) is 77.0. The van der Waals surface area contributed by atoms with E-state index in [0.717, 1.165) is 46.5 Å². The van der Waals surface area contributed by atoms with Gasteiger partial charge in [-0.05, 0) is 99.5 Å². The SMILES string of the molecule is CCC(C)(C)C(=O)OC1COC(=O)C1.CCC(C)(C)C(=O)OCC(=O)OCC(F)(F)F.COCN1C(=O)N(COC)C2C1N(COC)C(=O)N2COC.Fc1cc(F)cc([S+](c2ccccc2)c2cc(F)cc(F)c2)c1.Fc1cc(F)cc([S+](c2ccccc2)c2cc(F)cc(F)c2)c1.O=C(O)c1ccccc1[O-].O=C(OCC(F)(F)S(=O)(=O)[O-])C1CC2c3ccccc3C1c1ccccc12. The number of carbonyl (C=O) groups excluding carboxylic acids is 7. The molecule has 4 amide bonds. The van der Waals surface area contributed by atoms with Crippen molar-refractivity contribution in [2.24, 2.45) is 16.7 Å². The number of aromatic carboxylic acids is 1. The molecule has 3 aliphatic carbocycles. The van der Waals surface area contributed by atoms with Gasteiger partial charge in [0.05, 0.1) is 50.5 Å². The number of cyclic esters (lactones) is 1. The van der Waals surface area contributed by atoms with Crippen LogP contribution in [0.4, 0.5) is 66.7 Å². The Kier molecular flexibility index (Phi) is 39.2. The molecule has 3 aliphatic heterocycles. The highest BCUT2D eigenvalue weighted by molar-refractivity contribution is 7.97. The molecule has 0 spiro atoms. The van der Waals surface area contributed by atoms with Crippen LogP contribution in [0.3, 0.4) is 0 Å². The number of alkyl halides is 5. The van der Waals surface area contributed by atoms with Gasteiger partial charge in [-0.2, -0.15) is 22.0 Å². The molecular weight excluding hydrogens is 1880 g/mol. The highest BCUT2D eigenvalue weighted by Crippen LogP contribution is 2.56. The van der Waals surface area contributed by atoms with Crippen LogP contribution in [0.1, 0.15) is 112 Å². The van der Waals surface area contributed by atoms with Gasteiger partial charge in [-0.3, -0.25) is 38.8 Å². The topological polar surface area (TPSA) is 333 Å². The summed E-state index contributed by atoms with van der Waals surface area (Å²) in [5.41, 5.74) is 2.64. The summed E-state index contributed by atoms with van der Waals surface area (Å²) in [6.45, 7) is 6.75. The van der Waals surface area contributed by atoms with Crippen molar-refractivity contribution in [2.45, 2.75) is 138 Å². The van der Waals surface area contributed by atoms with Crippen LogP contribution in [0, 0.1) is 63.3 Å². The fraction of sp³-hybridized carbons (Fsp3) is 0.340. The minimum Gasteiger partial charge on any atom is -0.872 e. The molecule has 1 N–H and O–H groups in total. The lowest BCUT2D eigenvalue weighted by Crippen LogP contribution is -2.48. The molecule has 3 fully saturated rings. The van der Waals surface area contributed by atoms with E-state index in [9.17, 15) is 114 Å². The van der Waals surface area contributed by atoms with E-state index in [4.69, 9.17) is 33.5 Å². The molecule has 9 aromatic carbocycles. The quantitative estimate of drug-likeness (QED) is 0.0164. The Morgan fingerprint density at radius 1 is 0.471 bits per heavy atom. The number of amides is 4. The zero-order chi connectivity index (χ0) is 100. The van der Waals surface area contributed by atoms with Crippen LogP contribution in [0.25, 0.3) is 0 Å². The number of para-hydroxylation sites is 1. The Morgan fingerprint density at radius 3 is 1.13 bits per heavy atom. The molecule has 2 unspecified atom stereocenters. The van der Waals surface area contributed by atoms with E-state index in [1.165, 1.54) is 121 Å². The van der Waals surface area contributed by atoms with E-state index in [-0.39, 0.29) is 87.5 Å². The number of carbonyl (C=O) groups is 8. The lowest BCUT2D eigenvalue weighted by Gasteiger charge is -2.44. The molecule has 732 valence electrons. The molecule has 2 atom stereocenters. The van der Waals surface area contributed by atoms with Gasteiger partial charge in [-0.1, -0.05) is 123 Å². The Morgan fingerprint density at radius 2 is 0.816 bits per heavy atom. The first-order valence-corrected chi connectivity index (χ1v) is 45.0. The number of nitrogens with zero attached hydrogens (tertiary/aromatic N) is 4. The number of carboxylic acids is 1. The molecule has 6 aliphatic rings. The highest BCUT2D eigenvalue weighted by atomic mass is 32.2. The molecule has 26 nitrogen and oxygen atoms in total. The Bertz CT molecular complexity index is 5320. The third-order valence-corrected chi connectivity index (χ3v) is 26.2. The maximum Gasteiger partial charge on any atom is 0.422 e. The summed E-state index contributed by atoms with van der Waals surface area (Å²) in [7, 11) is -1.96. The van der Waals surface area contributed by atoms with E-state index < -0.39 is 168 Å². The number of hydrogen-bond donors (Lipinski definition) is 1. The van der Waals surface area contributed by atoms with Crippen LogP contribution in [-0.2, 0) is 98.5 Å². The van der Waals surface area contributed by atoms with Crippen LogP contribution in [0.5, 0.6) is 5.75 Å². The summed E-state index contributed by atoms with van der Waals surface area (Å²) >= 11 is 0. The van der Waals surface area contributed by atoms with Crippen LogP contribution >= 0.6 is 0 Å². The van der Waals surface area contributed by atoms with Crippen molar-refractivity contribution in [3.05, 3.63) is 281 Å². The molecule has 2 bridgehead atoms. The number of rotatable bonds is 27. The van der Waals surface area contributed by atoms with Crippen molar-refractivity contribution in [1.82, 2.24) is 19.6 Å². The number of urea groups is 2.